The third-order valence-corrected chi connectivity index (χ3v) is 2.60. The molecule has 0 aromatic heterocycles. The van der Waals surface area contributed by atoms with Crippen LogP contribution in [0.2, 0.25) is 0 Å². The van der Waals surface area contributed by atoms with Crippen LogP contribution in [0.4, 0.5) is 4.39 Å². The number of hydrogen-bond acceptors (Lipinski definition) is 2. The van der Waals surface area contributed by atoms with E-state index in [0.717, 1.165) is 11.3 Å². The average molecular weight is 244 g/mol. The SMILES string of the molecule is CCOc1ccc(-c2cc(C=O)ccc2F)cc1. The average Bonchev–Trinajstić information content (AvgIpc) is 2.41. The van der Waals surface area contributed by atoms with Crippen LogP contribution >= 0.6 is 0 Å². The molecule has 0 fully saturated rings. The molecule has 0 bridgehead atoms. The maximum atomic E-state index is 13.7. The summed E-state index contributed by atoms with van der Waals surface area (Å²) in [5.41, 5.74) is 1.60. The minimum absolute atomic E-state index is 0.343. The second-order valence-electron chi connectivity index (χ2n) is 3.81. The van der Waals surface area contributed by atoms with Crippen LogP contribution in [0.3, 0.4) is 0 Å². The Hall–Kier alpha value is -2.16. The zero-order chi connectivity index (χ0) is 13.0. The smallest absolute Gasteiger partial charge is 0.150 e. The van der Waals surface area contributed by atoms with Gasteiger partial charge in [-0.2, -0.15) is 0 Å². The monoisotopic (exact) mass is 244 g/mol. The first-order valence-corrected chi connectivity index (χ1v) is 5.72. The Balaban J connectivity index is 2.38. The first kappa shape index (κ1) is 12.3. The van der Waals surface area contributed by atoms with Gasteiger partial charge in [0.1, 0.15) is 17.9 Å². The molecule has 0 aliphatic rings. The van der Waals surface area contributed by atoms with Crippen molar-refractivity contribution >= 4 is 6.29 Å². The maximum Gasteiger partial charge on any atom is 0.150 e. The van der Waals surface area contributed by atoms with Gasteiger partial charge in [0.15, 0.2) is 0 Å². The number of hydrogen-bond donors (Lipinski definition) is 0. The number of halogens is 1. The van der Waals surface area contributed by atoms with Crippen LogP contribution in [0.5, 0.6) is 5.75 Å². The largest absolute Gasteiger partial charge is 0.494 e. The van der Waals surface area contributed by atoms with E-state index in [1.807, 2.05) is 6.92 Å². The molecule has 0 aliphatic heterocycles. The summed E-state index contributed by atoms with van der Waals surface area (Å²) in [5.74, 6) is 0.401. The molecule has 0 radical (unpaired) electrons. The van der Waals surface area contributed by atoms with Crippen LogP contribution in [0.15, 0.2) is 42.5 Å². The van der Waals surface area contributed by atoms with E-state index in [4.69, 9.17) is 4.74 Å². The van der Waals surface area contributed by atoms with Crippen molar-refractivity contribution < 1.29 is 13.9 Å². The van der Waals surface area contributed by atoms with Gasteiger partial charge >= 0.3 is 0 Å². The molecule has 0 N–H and O–H groups in total. The van der Waals surface area contributed by atoms with Gasteiger partial charge in [0.25, 0.3) is 0 Å². The molecule has 2 nitrogen and oxygen atoms in total. The minimum Gasteiger partial charge on any atom is -0.494 e. The molecule has 2 aromatic rings. The summed E-state index contributed by atoms with van der Waals surface area (Å²) in [6, 6.07) is 11.4. The molecule has 0 spiro atoms. The fraction of sp³-hybridized carbons (Fsp3) is 0.133. The van der Waals surface area contributed by atoms with Crippen LogP contribution in [-0.4, -0.2) is 12.9 Å². The van der Waals surface area contributed by atoms with Gasteiger partial charge in [-0.05, 0) is 42.8 Å². The van der Waals surface area contributed by atoms with Crippen LogP contribution in [0, 0.1) is 5.82 Å². The molecular weight excluding hydrogens is 231 g/mol. The molecule has 3 heteroatoms. The Bertz CT molecular complexity index is 547. The summed E-state index contributed by atoms with van der Waals surface area (Å²) in [6.45, 7) is 2.50. The Morgan fingerprint density at radius 1 is 1.17 bits per heavy atom. The molecule has 0 saturated heterocycles. The minimum atomic E-state index is -0.343. The summed E-state index contributed by atoms with van der Waals surface area (Å²) in [4.78, 5) is 10.7. The quantitative estimate of drug-likeness (QED) is 0.766. The van der Waals surface area contributed by atoms with Gasteiger partial charge in [0.05, 0.1) is 6.61 Å². The fourth-order valence-electron chi connectivity index (χ4n) is 1.73. The number of aldehydes is 1. The van der Waals surface area contributed by atoms with Gasteiger partial charge in [-0.1, -0.05) is 12.1 Å². The summed E-state index contributed by atoms with van der Waals surface area (Å²) in [5, 5.41) is 0. The third-order valence-electron chi connectivity index (χ3n) is 2.60. The Labute approximate surface area is 105 Å². The van der Waals surface area contributed by atoms with Crippen molar-refractivity contribution in [1.82, 2.24) is 0 Å². The molecule has 0 atom stereocenters. The summed E-state index contributed by atoms with van der Waals surface area (Å²) >= 11 is 0. The van der Waals surface area contributed by atoms with Crippen molar-refractivity contribution in [2.45, 2.75) is 6.92 Å². The van der Waals surface area contributed by atoms with Crippen molar-refractivity contribution in [3.05, 3.63) is 53.8 Å². The standard InChI is InChI=1S/C15H13FO2/c1-2-18-13-6-4-12(5-7-13)14-9-11(10-17)3-8-15(14)16/h3-10H,2H2,1H3. The van der Waals surface area contributed by atoms with E-state index < -0.39 is 0 Å². The van der Waals surface area contributed by atoms with Crippen molar-refractivity contribution in [1.29, 1.82) is 0 Å². The number of benzene rings is 2. The normalized spacial score (nSPS) is 10.1. The van der Waals surface area contributed by atoms with E-state index in [2.05, 4.69) is 0 Å². The predicted octanol–water partition coefficient (Wildman–Crippen LogP) is 3.70. The third kappa shape index (κ3) is 2.56. The molecular formula is C15H13FO2. The highest BCUT2D eigenvalue weighted by Crippen LogP contribution is 2.25. The molecule has 0 heterocycles. The van der Waals surface area contributed by atoms with Crippen molar-refractivity contribution in [2.24, 2.45) is 0 Å². The number of carbonyl (C=O) groups excluding carboxylic acids is 1. The van der Waals surface area contributed by atoms with Crippen molar-refractivity contribution in [2.75, 3.05) is 6.61 Å². The Morgan fingerprint density at radius 2 is 1.89 bits per heavy atom. The predicted molar refractivity (Wildman–Crippen MR) is 68.4 cm³/mol. The lowest BCUT2D eigenvalue weighted by atomic mass is 10.0. The zero-order valence-electron chi connectivity index (χ0n) is 10.0. The van der Waals surface area contributed by atoms with Gasteiger partial charge in [-0.25, -0.2) is 4.39 Å². The van der Waals surface area contributed by atoms with Crippen LogP contribution in [0.25, 0.3) is 11.1 Å². The van der Waals surface area contributed by atoms with Crippen LogP contribution < -0.4 is 4.74 Å². The second kappa shape index (κ2) is 5.45. The van der Waals surface area contributed by atoms with Gasteiger partial charge < -0.3 is 4.74 Å². The maximum absolute atomic E-state index is 13.7. The van der Waals surface area contributed by atoms with E-state index in [1.165, 1.54) is 18.2 Å². The van der Waals surface area contributed by atoms with Crippen LogP contribution in [0.1, 0.15) is 17.3 Å². The molecule has 0 aliphatic carbocycles. The number of rotatable bonds is 4. The van der Waals surface area contributed by atoms with E-state index >= 15 is 0 Å². The highest BCUT2D eigenvalue weighted by molar-refractivity contribution is 5.79. The first-order chi connectivity index (χ1) is 8.74. The zero-order valence-corrected chi connectivity index (χ0v) is 10.0. The van der Waals surface area contributed by atoms with Gasteiger partial charge in [-0.3, -0.25) is 4.79 Å². The van der Waals surface area contributed by atoms with Gasteiger partial charge in [0, 0.05) is 11.1 Å². The first-order valence-electron chi connectivity index (χ1n) is 5.72. The molecule has 0 saturated carbocycles. The molecule has 0 amide bonds. The van der Waals surface area contributed by atoms with E-state index in [0.29, 0.717) is 24.0 Å². The summed E-state index contributed by atoms with van der Waals surface area (Å²) in [6.07, 6.45) is 0.706. The topological polar surface area (TPSA) is 26.3 Å². The molecule has 2 rings (SSSR count). The van der Waals surface area contributed by atoms with Gasteiger partial charge in [0.2, 0.25) is 0 Å². The molecule has 18 heavy (non-hydrogen) atoms. The van der Waals surface area contributed by atoms with E-state index in [-0.39, 0.29) is 5.82 Å². The molecule has 92 valence electrons. The molecule has 2 aromatic carbocycles. The summed E-state index contributed by atoms with van der Waals surface area (Å²) in [7, 11) is 0. The van der Waals surface area contributed by atoms with Crippen LogP contribution in [-0.2, 0) is 0 Å². The number of carbonyl (C=O) groups is 1. The van der Waals surface area contributed by atoms with E-state index in [1.54, 1.807) is 24.3 Å². The fourth-order valence-corrected chi connectivity index (χ4v) is 1.73. The van der Waals surface area contributed by atoms with E-state index in [9.17, 15) is 9.18 Å². The lowest BCUT2D eigenvalue weighted by Gasteiger charge is -2.06. The lowest BCUT2D eigenvalue weighted by molar-refractivity contribution is 0.112. The highest BCUT2D eigenvalue weighted by atomic mass is 19.1. The second-order valence-corrected chi connectivity index (χ2v) is 3.81. The highest BCUT2D eigenvalue weighted by Gasteiger charge is 2.06. The van der Waals surface area contributed by atoms with Crippen molar-refractivity contribution in [3.63, 3.8) is 0 Å². The lowest BCUT2D eigenvalue weighted by Crippen LogP contribution is -1.92. The molecule has 0 unspecified atom stereocenters. The summed E-state index contributed by atoms with van der Waals surface area (Å²) < 4.78 is 19.0. The Kier molecular flexibility index (Phi) is 3.72. The van der Waals surface area contributed by atoms with Crippen molar-refractivity contribution in [3.8, 4) is 16.9 Å². The Morgan fingerprint density at radius 3 is 2.50 bits per heavy atom. The number of ether oxygens (including phenoxy) is 1. The van der Waals surface area contributed by atoms with Gasteiger partial charge in [-0.15, -0.1) is 0 Å².